The van der Waals surface area contributed by atoms with Crippen molar-refractivity contribution in [2.24, 2.45) is 5.92 Å². The van der Waals surface area contributed by atoms with Crippen molar-refractivity contribution in [3.05, 3.63) is 65.7 Å². The van der Waals surface area contributed by atoms with E-state index in [1.54, 1.807) is 6.08 Å². The molecule has 2 aromatic carbocycles. The zero-order valence-corrected chi connectivity index (χ0v) is 19.5. The minimum Gasteiger partial charge on any atom is -0.490 e. The number of piperidine rings is 1. The van der Waals surface area contributed by atoms with Gasteiger partial charge in [0.25, 0.3) is 0 Å². The van der Waals surface area contributed by atoms with Crippen molar-refractivity contribution in [2.45, 2.75) is 38.1 Å². The molecule has 0 N–H and O–H groups in total. The summed E-state index contributed by atoms with van der Waals surface area (Å²) in [6, 6.07) is 16.0. The highest BCUT2D eigenvalue weighted by Gasteiger charge is 2.36. The molecule has 0 aromatic heterocycles. The normalized spacial score (nSPS) is 21.0. The fraction of sp³-hybridized carbons (Fsp3) is 0.429. The summed E-state index contributed by atoms with van der Waals surface area (Å²) in [6.45, 7) is 3.36. The molecule has 5 rings (SSSR count). The zero-order chi connectivity index (χ0) is 23.3. The van der Waals surface area contributed by atoms with Gasteiger partial charge in [-0.15, -0.1) is 0 Å². The van der Waals surface area contributed by atoms with Gasteiger partial charge >= 0.3 is 0 Å². The molecule has 3 heterocycles. The van der Waals surface area contributed by atoms with Gasteiger partial charge in [-0.1, -0.05) is 36.4 Å². The van der Waals surface area contributed by atoms with Gasteiger partial charge in [0.05, 0.1) is 19.3 Å². The van der Waals surface area contributed by atoms with Crippen LogP contribution in [0.25, 0.3) is 6.08 Å². The number of carbonyl (C=O) groups is 2. The van der Waals surface area contributed by atoms with E-state index in [0.29, 0.717) is 39.1 Å². The average Bonchev–Trinajstić information content (AvgIpc) is 3.26. The van der Waals surface area contributed by atoms with Gasteiger partial charge in [0.1, 0.15) is 0 Å². The van der Waals surface area contributed by atoms with E-state index in [0.717, 1.165) is 48.4 Å². The Bertz CT molecular complexity index is 1040. The topological polar surface area (TPSA) is 59.1 Å². The molecule has 178 valence electrons. The van der Waals surface area contributed by atoms with Crippen LogP contribution < -0.4 is 9.47 Å². The molecule has 2 fully saturated rings. The molecule has 3 aliphatic heterocycles. The van der Waals surface area contributed by atoms with E-state index in [-0.39, 0.29) is 23.8 Å². The van der Waals surface area contributed by atoms with Crippen LogP contribution in [0.4, 0.5) is 0 Å². The van der Waals surface area contributed by atoms with Gasteiger partial charge in [-0.3, -0.25) is 9.59 Å². The second-order valence-corrected chi connectivity index (χ2v) is 9.29. The Hall–Kier alpha value is -3.28. The molecule has 2 aromatic rings. The third-order valence-corrected chi connectivity index (χ3v) is 7.07. The largest absolute Gasteiger partial charge is 0.490 e. The minimum absolute atomic E-state index is 0.0148. The monoisotopic (exact) mass is 460 g/mol. The van der Waals surface area contributed by atoms with Crippen LogP contribution >= 0.6 is 0 Å². The van der Waals surface area contributed by atoms with Crippen molar-refractivity contribution in [3.8, 4) is 11.5 Å². The van der Waals surface area contributed by atoms with Crippen molar-refractivity contribution in [2.75, 3.05) is 32.8 Å². The molecule has 0 spiro atoms. The fourth-order valence-corrected chi connectivity index (χ4v) is 5.18. The quantitative estimate of drug-likeness (QED) is 0.632. The van der Waals surface area contributed by atoms with Crippen molar-refractivity contribution < 1.29 is 19.1 Å². The molecule has 3 aliphatic rings. The maximum Gasteiger partial charge on any atom is 0.246 e. The van der Waals surface area contributed by atoms with Crippen LogP contribution in [0.2, 0.25) is 0 Å². The Morgan fingerprint density at radius 3 is 2.41 bits per heavy atom. The highest BCUT2D eigenvalue weighted by molar-refractivity contribution is 5.92. The van der Waals surface area contributed by atoms with Crippen LogP contribution in [-0.2, 0) is 9.59 Å². The lowest BCUT2D eigenvalue weighted by Gasteiger charge is -2.34. The van der Waals surface area contributed by atoms with E-state index < -0.39 is 0 Å². The lowest BCUT2D eigenvalue weighted by Crippen LogP contribution is -2.43. The summed E-state index contributed by atoms with van der Waals surface area (Å²) in [5.74, 6) is 1.78. The van der Waals surface area contributed by atoms with E-state index in [4.69, 9.17) is 9.47 Å². The highest BCUT2D eigenvalue weighted by atomic mass is 16.5. The van der Waals surface area contributed by atoms with Crippen molar-refractivity contribution in [1.82, 2.24) is 9.80 Å². The van der Waals surface area contributed by atoms with E-state index in [1.165, 1.54) is 0 Å². The summed E-state index contributed by atoms with van der Waals surface area (Å²) in [7, 11) is 0. The molecule has 1 unspecified atom stereocenters. The summed E-state index contributed by atoms with van der Waals surface area (Å²) < 4.78 is 11.6. The lowest BCUT2D eigenvalue weighted by molar-refractivity contribution is -0.140. The molecule has 2 amide bonds. The number of rotatable bonds is 4. The van der Waals surface area contributed by atoms with Crippen LogP contribution in [0.5, 0.6) is 11.5 Å². The molecule has 0 radical (unpaired) electrons. The predicted molar refractivity (Wildman–Crippen MR) is 131 cm³/mol. The standard InChI is InChI=1S/C28H32N2O4/c31-27(12-9-21-6-2-1-3-7-21)29-16-13-22(14-17-29)28(32)30-15-4-8-24(30)23-10-11-25-26(20-23)34-19-5-18-33-25/h1-3,6-7,9-12,20,22,24H,4-5,8,13-19H2. The second kappa shape index (κ2) is 10.3. The third-order valence-electron chi connectivity index (χ3n) is 7.07. The first kappa shape index (κ1) is 22.5. The number of likely N-dealkylation sites (tertiary alicyclic amines) is 2. The molecule has 0 aliphatic carbocycles. The van der Waals surface area contributed by atoms with Gasteiger partial charge in [0.15, 0.2) is 11.5 Å². The van der Waals surface area contributed by atoms with Crippen LogP contribution in [-0.4, -0.2) is 54.5 Å². The average molecular weight is 461 g/mol. The molecule has 6 heteroatoms. The predicted octanol–water partition coefficient (Wildman–Crippen LogP) is 4.46. The Morgan fingerprint density at radius 2 is 1.62 bits per heavy atom. The first-order valence-electron chi connectivity index (χ1n) is 12.4. The number of hydrogen-bond acceptors (Lipinski definition) is 4. The minimum atomic E-state index is -0.0248. The van der Waals surface area contributed by atoms with Crippen molar-refractivity contribution in [1.29, 1.82) is 0 Å². The Labute approximate surface area is 201 Å². The van der Waals surface area contributed by atoms with Crippen molar-refractivity contribution >= 4 is 17.9 Å². The Kier molecular flexibility index (Phi) is 6.84. The van der Waals surface area contributed by atoms with Crippen LogP contribution in [0.1, 0.15) is 49.3 Å². The molecular weight excluding hydrogens is 428 g/mol. The molecule has 1 atom stereocenters. The van der Waals surface area contributed by atoms with Crippen LogP contribution in [0.3, 0.4) is 0 Å². The van der Waals surface area contributed by atoms with Gasteiger partial charge in [-0.25, -0.2) is 0 Å². The van der Waals surface area contributed by atoms with Crippen LogP contribution in [0.15, 0.2) is 54.6 Å². The number of ether oxygens (including phenoxy) is 2. The fourth-order valence-electron chi connectivity index (χ4n) is 5.18. The molecule has 6 nitrogen and oxygen atoms in total. The third kappa shape index (κ3) is 4.96. The SMILES string of the molecule is O=C(C=Cc1ccccc1)N1CCC(C(=O)N2CCCC2c2ccc3c(c2)OCCCO3)CC1. The van der Waals surface area contributed by atoms with E-state index in [2.05, 4.69) is 17.0 Å². The summed E-state index contributed by atoms with van der Waals surface area (Å²) in [5, 5.41) is 0. The van der Waals surface area contributed by atoms with Crippen LogP contribution in [0, 0.1) is 5.92 Å². The lowest BCUT2D eigenvalue weighted by atomic mass is 9.94. The van der Waals surface area contributed by atoms with Gasteiger partial charge in [-0.05, 0) is 55.0 Å². The van der Waals surface area contributed by atoms with Gasteiger partial charge in [0, 0.05) is 38.0 Å². The first-order valence-corrected chi connectivity index (χ1v) is 12.4. The number of benzene rings is 2. The summed E-state index contributed by atoms with van der Waals surface area (Å²) in [6.07, 6.45) is 7.77. The molecular formula is C28H32N2O4. The molecule has 34 heavy (non-hydrogen) atoms. The summed E-state index contributed by atoms with van der Waals surface area (Å²) in [4.78, 5) is 30.0. The second-order valence-electron chi connectivity index (χ2n) is 9.29. The Morgan fingerprint density at radius 1 is 0.853 bits per heavy atom. The first-order chi connectivity index (χ1) is 16.7. The summed E-state index contributed by atoms with van der Waals surface area (Å²) in [5.41, 5.74) is 2.13. The Balaban J connectivity index is 1.19. The molecule has 2 saturated heterocycles. The molecule has 0 bridgehead atoms. The van der Waals surface area contributed by atoms with Gasteiger partial charge < -0.3 is 19.3 Å². The smallest absolute Gasteiger partial charge is 0.246 e. The number of carbonyl (C=O) groups excluding carboxylic acids is 2. The van der Waals surface area contributed by atoms with Crippen molar-refractivity contribution in [3.63, 3.8) is 0 Å². The number of fused-ring (bicyclic) bond motifs is 1. The van der Waals surface area contributed by atoms with Gasteiger partial charge in [-0.2, -0.15) is 0 Å². The maximum atomic E-state index is 13.5. The summed E-state index contributed by atoms with van der Waals surface area (Å²) >= 11 is 0. The van der Waals surface area contributed by atoms with E-state index in [9.17, 15) is 9.59 Å². The maximum absolute atomic E-state index is 13.5. The van der Waals surface area contributed by atoms with E-state index >= 15 is 0 Å². The highest BCUT2D eigenvalue weighted by Crippen LogP contribution is 2.39. The number of amides is 2. The number of hydrogen-bond donors (Lipinski definition) is 0. The zero-order valence-electron chi connectivity index (χ0n) is 19.5. The molecule has 0 saturated carbocycles. The van der Waals surface area contributed by atoms with Gasteiger partial charge in [0.2, 0.25) is 11.8 Å². The number of nitrogens with zero attached hydrogens (tertiary/aromatic N) is 2. The van der Waals surface area contributed by atoms with E-state index in [1.807, 2.05) is 47.4 Å².